The Hall–Kier alpha value is -2.76. The van der Waals surface area contributed by atoms with Gasteiger partial charge < -0.3 is 15.4 Å². The second-order valence-electron chi connectivity index (χ2n) is 10.1. The van der Waals surface area contributed by atoms with Crippen LogP contribution in [-0.4, -0.2) is 96.1 Å². The lowest BCUT2D eigenvalue weighted by Crippen LogP contribution is -2.56. The van der Waals surface area contributed by atoms with E-state index in [-0.39, 0.29) is 29.6 Å². The van der Waals surface area contributed by atoms with Crippen LogP contribution >= 0.6 is 11.3 Å². The molecule has 1 spiro atoms. The lowest BCUT2D eigenvalue weighted by atomic mass is 9.78. The molecule has 3 amide bonds. The summed E-state index contributed by atoms with van der Waals surface area (Å²) in [5.74, 6) is -0.653. The number of nitrogens with two attached hydrogens (primary N) is 1. The number of nitrogen functional groups attached to an aromatic ring is 1. The SMILES string of the molecule is Nc1sc2cc(F)ccc2c1C(=O)N1CCC(N2CCCC3(C2)C(=O)N2CCOCCN2C3=O)CC1. The Morgan fingerprint density at radius 2 is 1.75 bits per heavy atom. The number of benzene rings is 1. The molecule has 11 heteroatoms. The van der Waals surface area contributed by atoms with Crippen LogP contribution in [0.25, 0.3) is 10.1 Å². The number of rotatable bonds is 2. The molecule has 0 unspecified atom stereocenters. The summed E-state index contributed by atoms with van der Waals surface area (Å²) in [6.07, 6.45) is 2.91. The molecule has 0 radical (unpaired) electrons. The number of hydrogen-bond acceptors (Lipinski definition) is 7. The molecule has 1 aromatic carbocycles. The smallest absolute Gasteiger partial charge is 0.258 e. The van der Waals surface area contributed by atoms with Crippen molar-refractivity contribution in [3.63, 3.8) is 0 Å². The van der Waals surface area contributed by atoms with Crippen LogP contribution in [0.1, 0.15) is 36.0 Å². The summed E-state index contributed by atoms with van der Waals surface area (Å²) in [6, 6.07) is 4.59. The number of anilines is 1. The van der Waals surface area contributed by atoms with Crippen LogP contribution in [0, 0.1) is 11.2 Å². The number of fused-ring (bicyclic) bond motifs is 2. The van der Waals surface area contributed by atoms with Crippen molar-refractivity contribution in [2.75, 3.05) is 58.2 Å². The van der Waals surface area contributed by atoms with E-state index in [1.807, 2.05) is 4.90 Å². The summed E-state index contributed by atoms with van der Waals surface area (Å²) in [5.41, 5.74) is 5.63. The predicted molar refractivity (Wildman–Crippen MR) is 133 cm³/mol. The number of halogens is 1. The molecule has 0 saturated carbocycles. The zero-order valence-electron chi connectivity index (χ0n) is 20.1. The monoisotopic (exact) mass is 515 g/mol. The second-order valence-corrected chi connectivity index (χ2v) is 11.2. The van der Waals surface area contributed by atoms with Crippen molar-refractivity contribution in [1.82, 2.24) is 19.8 Å². The van der Waals surface area contributed by atoms with Gasteiger partial charge in [0.15, 0.2) is 0 Å². The van der Waals surface area contributed by atoms with E-state index in [1.165, 1.54) is 23.5 Å². The highest BCUT2D eigenvalue weighted by Crippen LogP contribution is 2.42. The van der Waals surface area contributed by atoms with Gasteiger partial charge in [0, 0.05) is 35.8 Å². The zero-order valence-corrected chi connectivity index (χ0v) is 20.9. The van der Waals surface area contributed by atoms with E-state index in [1.54, 1.807) is 16.1 Å². The molecule has 0 atom stereocenters. The minimum atomic E-state index is -0.998. The first-order chi connectivity index (χ1) is 17.4. The molecule has 4 aliphatic rings. The van der Waals surface area contributed by atoms with Gasteiger partial charge in [0.1, 0.15) is 11.2 Å². The standard InChI is InChI=1S/C25H30FN5O4S/c26-16-2-3-18-19(14-16)36-21(27)20(18)22(32)28-8-4-17(5-9-28)29-7-1-6-25(15-29)23(33)30-10-12-35-13-11-31(30)24(25)34/h2-3,14,17H,1,4-13,15,27H2. The van der Waals surface area contributed by atoms with Gasteiger partial charge in [-0.2, -0.15) is 0 Å². The third-order valence-corrected chi connectivity index (χ3v) is 9.14. The highest BCUT2D eigenvalue weighted by Gasteiger charge is 2.60. The maximum atomic E-state index is 13.6. The highest BCUT2D eigenvalue weighted by atomic mass is 32.1. The lowest BCUT2D eigenvalue weighted by molar-refractivity contribution is -0.145. The Bertz CT molecular complexity index is 1200. The average molecular weight is 516 g/mol. The maximum absolute atomic E-state index is 13.6. The number of carbonyl (C=O) groups is 3. The molecule has 6 rings (SSSR count). The molecule has 1 aromatic heterocycles. The van der Waals surface area contributed by atoms with Crippen LogP contribution in [0.4, 0.5) is 9.39 Å². The first-order valence-electron chi connectivity index (χ1n) is 12.6. The fourth-order valence-electron chi connectivity index (χ4n) is 6.31. The highest BCUT2D eigenvalue weighted by molar-refractivity contribution is 7.23. The molecule has 4 aliphatic heterocycles. The van der Waals surface area contributed by atoms with Gasteiger partial charge in [-0.05, 0) is 50.4 Å². The minimum absolute atomic E-state index is 0.0911. The summed E-state index contributed by atoms with van der Waals surface area (Å²) in [4.78, 5) is 44.3. The van der Waals surface area contributed by atoms with Crippen molar-refractivity contribution < 1.29 is 23.5 Å². The predicted octanol–water partition coefficient (Wildman–Crippen LogP) is 1.93. The van der Waals surface area contributed by atoms with Gasteiger partial charge in [-0.15, -0.1) is 11.3 Å². The van der Waals surface area contributed by atoms with E-state index in [4.69, 9.17) is 10.5 Å². The topological polar surface area (TPSA) is 99.4 Å². The van der Waals surface area contributed by atoms with Crippen molar-refractivity contribution in [1.29, 1.82) is 0 Å². The van der Waals surface area contributed by atoms with Crippen LogP contribution < -0.4 is 5.73 Å². The molecular formula is C25H30FN5O4S. The number of piperidine rings is 2. The molecule has 4 fully saturated rings. The number of hydrazine groups is 1. The van der Waals surface area contributed by atoms with Crippen molar-refractivity contribution in [2.45, 2.75) is 31.7 Å². The lowest BCUT2D eigenvalue weighted by Gasteiger charge is -2.44. The quantitative estimate of drug-likeness (QED) is 0.614. The normalized spacial score (nSPS) is 23.5. The van der Waals surface area contributed by atoms with Crippen LogP contribution in [0.5, 0.6) is 0 Å². The molecule has 192 valence electrons. The van der Waals surface area contributed by atoms with Gasteiger partial charge in [0.05, 0.1) is 36.9 Å². The molecule has 0 aliphatic carbocycles. The van der Waals surface area contributed by atoms with Gasteiger partial charge in [-0.25, -0.2) is 14.4 Å². The summed E-state index contributed by atoms with van der Waals surface area (Å²) in [6.45, 7) is 4.15. The van der Waals surface area contributed by atoms with Crippen LogP contribution in [-0.2, 0) is 14.3 Å². The Kier molecular flexibility index (Phi) is 5.88. The number of nitrogens with zero attached hydrogens (tertiary/aromatic N) is 4. The number of thiophene rings is 1. The summed E-state index contributed by atoms with van der Waals surface area (Å²) < 4.78 is 19.8. The minimum Gasteiger partial charge on any atom is -0.390 e. The fourth-order valence-corrected chi connectivity index (χ4v) is 7.29. The van der Waals surface area contributed by atoms with E-state index < -0.39 is 5.41 Å². The summed E-state index contributed by atoms with van der Waals surface area (Å²) in [5, 5.41) is 4.30. The number of amides is 3. The molecule has 2 N–H and O–H groups in total. The Morgan fingerprint density at radius 3 is 2.44 bits per heavy atom. The van der Waals surface area contributed by atoms with Gasteiger partial charge in [-0.1, -0.05) is 0 Å². The Morgan fingerprint density at radius 1 is 1.06 bits per heavy atom. The number of carbonyl (C=O) groups excluding carboxylic acids is 3. The molecule has 36 heavy (non-hydrogen) atoms. The van der Waals surface area contributed by atoms with E-state index in [0.29, 0.717) is 73.0 Å². The Labute approximate surface area is 212 Å². The van der Waals surface area contributed by atoms with E-state index in [2.05, 4.69) is 4.90 Å². The van der Waals surface area contributed by atoms with Gasteiger partial charge >= 0.3 is 0 Å². The van der Waals surface area contributed by atoms with Crippen molar-refractivity contribution >= 4 is 44.1 Å². The largest absolute Gasteiger partial charge is 0.390 e. The zero-order chi connectivity index (χ0) is 25.0. The molecular weight excluding hydrogens is 485 g/mol. The van der Waals surface area contributed by atoms with E-state index >= 15 is 0 Å². The Balaban J connectivity index is 1.14. The maximum Gasteiger partial charge on any atom is 0.258 e. The second kappa shape index (κ2) is 8.97. The molecule has 2 aromatic rings. The number of hydrogen-bond donors (Lipinski definition) is 1. The third-order valence-electron chi connectivity index (χ3n) is 8.16. The molecule has 9 nitrogen and oxygen atoms in total. The third kappa shape index (κ3) is 3.67. The molecule has 5 heterocycles. The van der Waals surface area contributed by atoms with Gasteiger partial charge in [0.2, 0.25) is 0 Å². The fraction of sp³-hybridized carbons (Fsp3) is 0.560. The number of likely N-dealkylation sites (tertiary alicyclic amines) is 2. The summed E-state index contributed by atoms with van der Waals surface area (Å²) >= 11 is 1.23. The first kappa shape index (κ1) is 23.6. The van der Waals surface area contributed by atoms with E-state index in [9.17, 15) is 18.8 Å². The molecule has 0 bridgehead atoms. The van der Waals surface area contributed by atoms with Crippen LogP contribution in [0.15, 0.2) is 18.2 Å². The summed E-state index contributed by atoms with van der Waals surface area (Å²) in [7, 11) is 0. The molecule has 4 saturated heterocycles. The first-order valence-corrected chi connectivity index (χ1v) is 13.4. The van der Waals surface area contributed by atoms with Crippen molar-refractivity contribution in [3.05, 3.63) is 29.6 Å². The van der Waals surface area contributed by atoms with Crippen LogP contribution in [0.2, 0.25) is 0 Å². The van der Waals surface area contributed by atoms with E-state index in [0.717, 1.165) is 25.8 Å². The van der Waals surface area contributed by atoms with Crippen molar-refractivity contribution in [2.24, 2.45) is 5.41 Å². The number of ether oxygens (including phenoxy) is 1. The van der Waals surface area contributed by atoms with Crippen LogP contribution in [0.3, 0.4) is 0 Å². The van der Waals surface area contributed by atoms with Gasteiger partial charge in [-0.3, -0.25) is 19.3 Å². The van der Waals surface area contributed by atoms with Gasteiger partial charge in [0.25, 0.3) is 17.7 Å². The van der Waals surface area contributed by atoms with Crippen molar-refractivity contribution in [3.8, 4) is 0 Å². The average Bonchev–Trinajstić information content (AvgIpc) is 3.15.